The van der Waals surface area contributed by atoms with E-state index in [4.69, 9.17) is 4.99 Å². The summed E-state index contributed by atoms with van der Waals surface area (Å²) in [5, 5.41) is 12.5. The summed E-state index contributed by atoms with van der Waals surface area (Å²) >= 11 is 0. The van der Waals surface area contributed by atoms with Gasteiger partial charge in [0.1, 0.15) is 18.4 Å². The van der Waals surface area contributed by atoms with Gasteiger partial charge < -0.3 is 0 Å². The molecule has 27 heavy (non-hydrogen) atoms. The van der Waals surface area contributed by atoms with Gasteiger partial charge in [0.2, 0.25) is 0 Å². The zero-order valence-electron chi connectivity index (χ0n) is 14.2. The maximum Gasteiger partial charge on any atom is 0.173 e. The lowest BCUT2D eigenvalue weighted by Crippen LogP contribution is -2.49. The van der Waals surface area contributed by atoms with E-state index in [1.54, 1.807) is 11.1 Å². The minimum absolute atomic E-state index is 0.158. The molecule has 0 spiro atoms. The first-order chi connectivity index (χ1) is 13.4. The number of anilines is 1. The molecule has 2 aromatic heterocycles. The van der Waals surface area contributed by atoms with Crippen LogP contribution >= 0.6 is 0 Å². The van der Waals surface area contributed by atoms with Crippen LogP contribution in [-0.4, -0.2) is 31.0 Å². The van der Waals surface area contributed by atoms with Gasteiger partial charge in [0.15, 0.2) is 12.0 Å². The van der Waals surface area contributed by atoms with Crippen LogP contribution in [0, 0.1) is 0 Å². The van der Waals surface area contributed by atoms with Crippen LogP contribution in [0.4, 0.5) is 5.82 Å². The van der Waals surface area contributed by atoms with Gasteiger partial charge in [-0.05, 0) is 11.3 Å². The predicted octanol–water partition coefficient (Wildman–Crippen LogP) is 2.54. The topological polar surface area (TPSA) is 67.4 Å². The summed E-state index contributed by atoms with van der Waals surface area (Å²) in [7, 11) is 0. The Morgan fingerprint density at radius 3 is 2.70 bits per heavy atom. The second kappa shape index (κ2) is 5.28. The number of hydrogen-bond donors (Lipinski definition) is 0. The minimum Gasteiger partial charge on any atom is -0.284 e. The van der Waals surface area contributed by atoms with E-state index in [9.17, 15) is 0 Å². The number of rotatable bonds is 2. The van der Waals surface area contributed by atoms with Crippen LogP contribution in [0.3, 0.4) is 0 Å². The van der Waals surface area contributed by atoms with Gasteiger partial charge in [-0.2, -0.15) is 5.12 Å². The quantitative estimate of drug-likeness (QED) is 0.553. The van der Waals surface area contributed by atoms with Gasteiger partial charge in [-0.1, -0.05) is 48.5 Å². The molecule has 4 aromatic rings. The van der Waals surface area contributed by atoms with Crippen LogP contribution in [-0.2, 0) is 0 Å². The maximum atomic E-state index is 4.71. The lowest BCUT2D eigenvalue weighted by Gasteiger charge is -2.36. The molecule has 0 fully saturated rings. The SMILES string of the molecule is C1=NC2c3ccccc3-n3cncc3N2N1n1cc(-c2ccccc2)nn1. The number of imidazole rings is 1. The van der Waals surface area contributed by atoms with Crippen LogP contribution < -0.4 is 10.1 Å². The molecule has 1 unspecified atom stereocenters. The smallest absolute Gasteiger partial charge is 0.173 e. The largest absolute Gasteiger partial charge is 0.284 e. The number of hydrazine groups is 1. The summed E-state index contributed by atoms with van der Waals surface area (Å²) in [4.78, 5) is 10.7. The Morgan fingerprint density at radius 2 is 1.78 bits per heavy atom. The number of benzene rings is 2. The van der Waals surface area contributed by atoms with E-state index >= 15 is 0 Å². The van der Waals surface area contributed by atoms with Crippen molar-refractivity contribution in [2.45, 2.75) is 6.17 Å². The summed E-state index contributed by atoms with van der Waals surface area (Å²) in [5.41, 5.74) is 4.03. The molecule has 8 heteroatoms. The molecule has 2 aliphatic rings. The number of fused-ring (bicyclic) bond motifs is 6. The molecule has 0 aliphatic carbocycles. The van der Waals surface area contributed by atoms with Crippen LogP contribution in [0.1, 0.15) is 11.7 Å². The van der Waals surface area contributed by atoms with Crippen LogP contribution in [0.2, 0.25) is 0 Å². The first-order valence-electron chi connectivity index (χ1n) is 8.61. The van der Waals surface area contributed by atoms with Crippen molar-refractivity contribution in [1.29, 1.82) is 0 Å². The minimum atomic E-state index is -0.158. The summed E-state index contributed by atoms with van der Waals surface area (Å²) in [6.45, 7) is 0. The normalized spacial score (nSPS) is 17.0. The van der Waals surface area contributed by atoms with Crippen molar-refractivity contribution in [3.63, 3.8) is 0 Å². The molecule has 2 aliphatic heterocycles. The maximum absolute atomic E-state index is 4.71. The Labute approximate surface area is 154 Å². The van der Waals surface area contributed by atoms with Gasteiger partial charge in [-0.3, -0.25) is 4.57 Å². The third kappa shape index (κ3) is 1.97. The highest BCUT2D eigenvalue weighted by Gasteiger charge is 2.38. The Hall–Kier alpha value is -3.94. The molecule has 8 nitrogen and oxygen atoms in total. The van der Waals surface area contributed by atoms with E-state index in [-0.39, 0.29) is 6.17 Å². The average molecular weight is 354 g/mol. The summed E-state index contributed by atoms with van der Waals surface area (Å²) < 4.78 is 2.06. The number of hydrogen-bond acceptors (Lipinski definition) is 6. The molecule has 0 bridgehead atoms. The van der Waals surface area contributed by atoms with Gasteiger partial charge >= 0.3 is 0 Å². The van der Waals surface area contributed by atoms with Gasteiger partial charge in [0.25, 0.3) is 0 Å². The van der Waals surface area contributed by atoms with Crippen LogP contribution in [0.5, 0.6) is 0 Å². The zero-order valence-corrected chi connectivity index (χ0v) is 14.2. The van der Waals surface area contributed by atoms with E-state index in [1.165, 1.54) is 0 Å². The highest BCUT2D eigenvalue weighted by atomic mass is 15.9. The molecule has 1 atom stereocenters. The predicted molar refractivity (Wildman–Crippen MR) is 101 cm³/mol. The Bertz CT molecular complexity index is 1160. The van der Waals surface area contributed by atoms with E-state index < -0.39 is 0 Å². The molecular formula is C19H14N8. The summed E-state index contributed by atoms with van der Waals surface area (Å²) in [6.07, 6.45) is 7.16. The van der Waals surface area contributed by atoms with Crippen molar-refractivity contribution >= 4 is 12.2 Å². The van der Waals surface area contributed by atoms with Crippen LogP contribution in [0.25, 0.3) is 16.9 Å². The molecule has 0 saturated heterocycles. The second-order valence-corrected chi connectivity index (χ2v) is 6.37. The van der Waals surface area contributed by atoms with Crippen molar-refractivity contribution in [2.75, 3.05) is 10.1 Å². The number of nitrogens with zero attached hydrogens (tertiary/aromatic N) is 8. The van der Waals surface area contributed by atoms with E-state index in [0.29, 0.717) is 0 Å². The fraction of sp³-hybridized carbons (Fsp3) is 0.0526. The first kappa shape index (κ1) is 14.3. The van der Waals surface area contributed by atoms with Crippen molar-refractivity contribution in [2.24, 2.45) is 4.99 Å². The molecular weight excluding hydrogens is 340 g/mol. The third-order valence-electron chi connectivity index (χ3n) is 4.85. The lowest BCUT2D eigenvalue weighted by molar-refractivity contribution is 0.541. The molecule has 0 N–H and O–H groups in total. The molecule has 0 radical (unpaired) electrons. The second-order valence-electron chi connectivity index (χ2n) is 6.37. The zero-order chi connectivity index (χ0) is 17.8. The van der Waals surface area contributed by atoms with E-state index in [0.717, 1.165) is 28.3 Å². The Morgan fingerprint density at radius 1 is 0.926 bits per heavy atom. The number of aromatic nitrogens is 5. The van der Waals surface area contributed by atoms with Gasteiger partial charge in [-0.25, -0.2) is 15.0 Å². The van der Waals surface area contributed by atoms with E-state index in [2.05, 4.69) is 37.0 Å². The summed E-state index contributed by atoms with van der Waals surface area (Å²) in [6, 6.07) is 18.2. The molecule has 2 aromatic carbocycles. The fourth-order valence-corrected chi connectivity index (χ4v) is 3.61. The molecule has 130 valence electrons. The number of aliphatic imine (C=N–C) groups is 1. The third-order valence-corrected chi connectivity index (χ3v) is 4.85. The highest BCUT2D eigenvalue weighted by molar-refractivity contribution is 5.78. The van der Waals surface area contributed by atoms with Crippen molar-refractivity contribution in [3.8, 4) is 16.9 Å². The number of para-hydroxylation sites is 1. The van der Waals surface area contributed by atoms with Gasteiger partial charge in [0.05, 0.1) is 18.1 Å². The standard InChI is InChI=1S/C19H14N8/c1-2-6-14(7-3-1)16-11-25(23-22-16)26-13-21-19-15-8-4-5-9-17(15)24-12-20-10-18(24)27(19)26/h1-13,19H. The lowest BCUT2D eigenvalue weighted by atomic mass is 10.1. The monoisotopic (exact) mass is 354 g/mol. The summed E-state index contributed by atoms with van der Waals surface area (Å²) in [5.74, 6) is 0.924. The van der Waals surface area contributed by atoms with Crippen molar-refractivity contribution in [3.05, 3.63) is 78.9 Å². The van der Waals surface area contributed by atoms with Gasteiger partial charge in [-0.15, -0.1) is 9.89 Å². The van der Waals surface area contributed by atoms with Crippen molar-refractivity contribution in [1.82, 2.24) is 24.7 Å². The first-order valence-corrected chi connectivity index (χ1v) is 8.61. The molecule has 0 saturated carbocycles. The Balaban J connectivity index is 1.44. The molecule has 6 rings (SSSR count). The fourth-order valence-electron chi connectivity index (χ4n) is 3.61. The molecule has 0 amide bonds. The average Bonchev–Trinajstić information content (AvgIpc) is 3.46. The van der Waals surface area contributed by atoms with Gasteiger partial charge in [0, 0.05) is 11.1 Å². The van der Waals surface area contributed by atoms with E-state index in [1.807, 2.05) is 66.3 Å². The van der Waals surface area contributed by atoms with Crippen LogP contribution in [0.15, 0.2) is 78.3 Å². The highest BCUT2D eigenvalue weighted by Crippen LogP contribution is 2.40. The molecule has 4 heterocycles. The Kier molecular flexibility index (Phi) is 2.79. The van der Waals surface area contributed by atoms with Crippen molar-refractivity contribution < 1.29 is 0 Å².